The second-order valence-corrected chi connectivity index (χ2v) is 13.5. The Morgan fingerprint density at radius 2 is 1.18 bits per heavy atom. The molecule has 0 bridgehead atoms. The summed E-state index contributed by atoms with van der Waals surface area (Å²) in [6.45, 7) is 0.0395. The Hall–Kier alpha value is -6.52. The van der Waals surface area contributed by atoms with Gasteiger partial charge in [0.1, 0.15) is 0 Å². The third-order valence-electron chi connectivity index (χ3n) is 10.8. The van der Waals surface area contributed by atoms with Crippen LogP contribution < -0.4 is 47.3 Å². The van der Waals surface area contributed by atoms with Crippen LogP contribution in [-0.4, -0.2) is 18.4 Å². The summed E-state index contributed by atoms with van der Waals surface area (Å²) in [5.74, 6) is 1.67. The van der Waals surface area contributed by atoms with E-state index in [0.29, 0.717) is 0 Å². The molecule has 4 nitrogen and oxygen atoms in total. The van der Waals surface area contributed by atoms with E-state index in [1.807, 2.05) is 18.5 Å². The number of fused-ring (bicyclic) bond motifs is 8. The van der Waals surface area contributed by atoms with Crippen molar-refractivity contribution in [3.8, 4) is 11.5 Å². The van der Waals surface area contributed by atoms with E-state index in [1.54, 1.807) is 0 Å². The molecule has 4 heterocycles. The SMILES string of the molecule is c1ccc(B2c3ccccc3B3c4ccccc4N(c4cccnc4)c4c5c(cc2c43)N(c2cccc3ccccc23)c2ccccc2O5)cc1. The lowest BCUT2D eigenvalue weighted by Gasteiger charge is -2.45. The highest BCUT2D eigenvalue weighted by atomic mass is 16.5. The summed E-state index contributed by atoms with van der Waals surface area (Å²) >= 11 is 0. The van der Waals surface area contributed by atoms with E-state index in [9.17, 15) is 0 Å². The Bertz CT molecular complexity index is 2650. The Morgan fingerprint density at radius 3 is 2.02 bits per heavy atom. The average Bonchev–Trinajstić information content (AvgIpc) is 3.20. The highest BCUT2D eigenvalue weighted by Crippen LogP contribution is 2.56. The molecule has 8 aromatic rings. The van der Waals surface area contributed by atoms with Gasteiger partial charge in [0.15, 0.2) is 11.5 Å². The Morgan fingerprint density at radius 1 is 0.490 bits per heavy atom. The first-order chi connectivity index (χ1) is 25.3. The van der Waals surface area contributed by atoms with Gasteiger partial charge in [0.25, 0.3) is 0 Å². The molecule has 3 aliphatic rings. The van der Waals surface area contributed by atoms with Gasteiger partial charge in [-0.25, -0.2) is 0 Å². The average molecular weight is 649 g/mol. The Balaban J connectivity index is 1.32. The number of nitrogens with zero attached hydrogens (tertiary/aromatic N) is 3. The van der Waals surface area contributed by atoms with Gasteiger partial charge in [0.05, 0.1) is 34.6 Å². The number of rotatable bonds is 3. The topological polar surface area (TPSA) is 28.6 Å². The third kappa shape index (κ3) is 4.08. The van der Waals surface area contributed by atoms with E-state index in [0.717, 1.165) is 45.6 Å². The minimum absolute atomic E-state index is 0.0187. The number of para-hydroxylation sites is 3. The van der Waals surface area contributed by atoms with Crippen molar-refractivity contribution < 1.29 is 4.74 Å². The van der Waals surface area contributed by atoms with Crippen LogP contribution in [0.3, 0.4) is 0 Å². The largest absolute Gasteiger partial charge is 0.451 e. The Labute approximate surface area is 297 Å². The standard InChI is InChI=1S/C45H29B2N3O/c1-2-16-31(17-3-1)46-34-20-6-7-21-35(34)47-36-22-8-9-23-39(36)49(32-18-13-27-48-29-32)44-43(47)37(46)28-41-45(44)51-42-26-11-10-24-40(42)50(41)38-25-12-15-30-14-4-5-19-33(30)38/h1-29H. The molecule has 0 fully saturated rings. The lowest BCUT2D eigenvalue weighted by molar-refractivity contribution is 0.478. The summed E-state index contributed by atoms with van der Waals surface area (Å²) in [4.78, 5) is 9.45. The van der Waals surface area contributed by atoms with E-state index in [4.69, 9.17) is 4.74 Å². The number of benzene rings is 7. The van der Waals surface area contributed by atoms with Crippen molar-refractivity contribution >= 4 is 91.1 Å². The van der Waals surface area contributed by atoms with Crippen LogP contribution in [-0.2, 0) is 0 Å². The van der Waals surface area contributed by atoms with Crippen LogP contribution in [0.15, 0.2) is 176 Å². The number of anilines is 6. The molecule has 3 aliphatic heterocycles. The molecule has 1 aromatic heterocycles. The van der Waals surface area contributed by atoms with Gasteiger partial charge in [-0.3, -0.25) is 4.98 Å². The highest BCUT2D eigenvalue weighted by molar-refractivity contribution is 7.12. The fourth-order valence-corrected chi connectivity index (χ4v) is 8.83. The second kappa shape index (κ2) is 11.0. The fourth-order valence-electron chi connectivity index (χ4n) is 8.83. The van der Waals surface area contributed by atoms with Crippen LogP contribution >= 0.6 is 0 Å². The first-order valence-corrected chi connectivity index (χ1v) is 17.5. The van der Waals surface area contributed by atoms with Crippen molar-refractivity contribution in [1.29, 1.82) is 0 Å². The van der Waals surface area contributed by atoms with Crippen molar-refractivity contribution in [2.24, 2.45) is 0 Å². The molecular weight excluding hydrogens is 620 g/mol. The number of hydrogen-bond acceptors (Lipinski definition) is 4. The van der Waals surface area contributed by atoms with E-state index >= 15 is 0 Å². The lowest BCUT2D eigenvalue weighted by Crippen LogP contribution is -2.76. The van der Waals surface area contributed by atoms with E-state index in [1.165, 1.54) is 43.5 Å². The van der Waals surface area contributed by atoms with Gasteiger partial charge in [0, 0.05) is 17.3 Å². The van der Waals surface area contributed by atoms with Gasteiger partial charge in [-0.15, -0.1) is 0 Å². The summed E-state index contributed by atoms with van der Waals surface area (Å²) < 4.78 is 7.20. The smallest absolute Gasteiger partial charge is 0.245 e. The molecule has 0 aliphatic carbocycles. The zero-order chi connectivity index (χ0) is 33.5. The third-order valence-corrected chi connectivity index (χ3v) is 10.8. The van der Waals surface area contributed by atoms with Crippen molar-refractivity contribution in [1.82, 2.24) is 4.98 Å². The normalized spacial score (nSPS) is 13.5. The van der Waals surface area contributed by atoms with E-state index in [2.05, 4.69) is 173 Å². The molecule has 0 atom stereocenters. The predicted octanol–water partition coefficient (Wildman–Crippen LogP) is 6.94. The van der Waals surface area contributed by atoms with Crippen LogP contribution in [0.2, 0.25) is 0 Å². The summed E-state index contributed by atoms with van der Waals surface area (Å²) in [6, 6.07) is 59.2. The van der Waals surface area contributed by atoms with Gasteiger partial charge in [0.2, 0.25) is 13.4 Å². The van der Waals surface area contributed by atoms with Gasteiger partial charge >= 0.3 is 0 Å². The lowest BCUT2D eigenvalue weighted by atomic mass is 9.20. The molecular formula is C45H29B2N3O. The maximum absolute atomic E-state index is 7.20. The summed E-state index contributed by atoms with van der Waals surface area (Å²) in [6.07, 6.45) is 3.81. The van der Waals surface area contributed by atoms with Crippen LogP contribution in [0.4, 0.5) is 34.1 Å². The minimum atomic E-state index is 0.0187. The first-order valence-electron chi connectivity index (χ1n) is 17.5. The van der Waals surface area contributed by atoms with Crippen LogP contribution in [0.5, 0.6) is 11.5 Å². The maximum atomic E-state index is 7.20. The molecule has 51 heavy (non-hydrogen) atoms. The molecule has 236 valence electrons. The maximum Gasteiger partial charge on any atom is 0.245 e. The fraction of sp³-hybridized carbons (Fsp3) is 0. The molecule has 7 aromatic carbocycles. The van der Waals surface area contributed by atoms with Crippen LogP contribution in [0.1, 0.15) is 0 Å². The molecule has 0 unspecified atom stereocenters. The van der Waals surface area contributed by atoms with E-state index < -0.39 is 0 Å². The highest BCUT2D eigenvalue weighted by Gasteiger charge is 2.48. The molecule has 0 saturated carbocycles. The van der Waals surface area contributed by atoms with Crippen molar-refractivity contribution in [3.05, 3.63) is 176 Å². The molecule has 0 amide bonds. The Kier molecular flexibility index (Phi) is 6.11. The molecule has 0 radical (unpaired) electrons. The number of pyridine rings is 1. The number of aromatic nitrogens is 1. The molecule has 11 rings (SSSR count). The molecule has 0 spiro atoms. The van der Waals surface area contributed by atoms with Gasteiger partial charge in [-0.05, 0) is 58.8 Å². The number of ether oxygens (including phenoxy) is 1. The summed E-state index contributed by atoms with van der Waals surface area (Å²) in [5.41, 5.74) is 14.1. The number of hydrogen-bond donors (Lipinski definition) is 0. The van der Waals surface area contributed by atoms with Gasteiger partial charge < -0.3 is 14.5 Å². The monoisotopic (exact) mass is 649 g/mol. The van der Waals surface area contributed by atoms with Gasteiger partial charge in [-0.2, -0.15) is 0 Å². The van der Waals surface area contributed by atoms with Crippen molar-refractivity contribution in [2.45, 2.75) is 0 Å². The van der Waals surface area contributed by atoms with Gasteiger partial charge in [-0.1, -0.05) is 143 Å². The predicted molar refractivity (Wildman–Crippen MR) is 213 cm³/mol. The minimum Gasteiger partial charge on any atom is -0.451 e. The second-order valence-electron chi connectivity index (χ2n) is 13.5. The van der Waals surface area contributed by atoms with Crippen LogP contribution in [0, 0.1) is 0 Å². The van der Waals surface area contributed by atoms with Crippen LogP contribution in [0.25, 0.3) is 10.8 Å². The van der Waals surface area contributed by atoms with Crippen molar-refractivity contribution in [2.75, 3.05) is 9.80 Å². The zero-order valence-corrected chi connectivity index (χ0v) is 27.6. The zero-order valence-electron chi connectivity index (χ0n) is 27.6. The molecule has 0 N–H and O–H groups in total. The molecule has 0 saturated heterocycles. The quantitative estimate of drug-likeness (QED) is 0.194. The summed E-state index contributed by atoms with van der Waals surface area (Å²) in [5, 5.41) is 2.38. The molecule has 6 heteroatoms. The summed E-state index contributed by atoms with van der Waals surface area (Å²) in [7, 11) is 0. The van der Waals surface area contributed by atoms with Crippen molar-refractivity contribution in [3.63, 3.8) is 0 Å². The first kappa shape index (κ1) is 28.3. The van der Waals surface area contributed by atoms with E-state index in [-0.39, 0.29) is 13.4 Å².